The lowest BCUT2D eigenvalue weighted by molar-refractivity contribution is 0.517. The third-order valence-corrected chi connectivity index (χ3v) is 3.80. The molecule has 0 N–H and O–H groups in total. The van der Waals surface area contributed by atoms with E-state index in [1.165, 1.54) is 24.1 Å². The Hall–Kier alpha value is -1.11. The summed E-state index contributed by atoms with van der Waals surface area (Å²) in [5.74, 6) is 0. The van der Waals surface area contributed by atoms with Gasteiger partial charge in [-0.3, -0.25) is 4.99 Å². The maximum atomic E-state index is 4.85. The van der Waals surface area contributed by atoms with Crippen molar-refractivity contribution in [3.05, 3.63) is 35.9 Å². The van der Waals surface area contributed by atoms with Crippen molar-refractivity contribution in [3.63, 3.8) is 0 Å². The van der Waals surface area contributed by atoms with Crippen LogP contribution in [0.5, 0.6) is 0 Å². The Morgan fingerprint density at radius 2 is 1.93 bits per heavy atom. The summed E-state index contributed by atoms with van der Waals surface area (Å²) in [7, 11) is 0. The van der Waals surface area contributed by atoms with Crippen molar-refractivity contribution in [1.29, 1.82) is 0 Å². The number of fused-ring (bicyclic) bond motifs is 1. The lowest BCUT2D eigenvalue weighted by atomic mass is 9.95. The molecule has 1 heteroatoms. The van der Waals surface area contributed by atoms with Crippen molar-refractivity contribution >= 4 is 5.71 Å². The molecule has 1 aromatic carbocycles. The molecule has 0 saturated heterocycles. The van der Waals surface area contributed by atoms with Gasteiger partial charge in [-0.1, -0.05) is 37.3 Å². The highest BCUT2D eigenvalue weighted by molar-refractivity contribution is 5.87. The highest BCUT2D eigenvalue weighted by atomic mass is 15.0. The Bertz CT molecular complexity index is 407. The summed E-state index contributed by atoms with van der Waals surface area (Å²) in [4.78, 5) is 4.85. The van der Waals surface area contributed by atoms with E-state index in [4.69, 9.17) is 4.99 Å². The maximum Gasteiger partial charge on any atom is 0.0919 e. The fourth-order valence-corrected chi connectivity index (χ4v) is 3.06. The van der Waals surface area contributed by atoms with E-state index in [1.54, 1.807) is 0 Å². The predicted molar refractivity (Wildman–Crippen MR) is 58.6 cm³/mol. The van der Waals surface area contributed by atoms with Crippen LogP contribution in [-0.4, -0.2) is 5.71 Å². The second kappa shape index (κ2) is 2.28. The van der Waals surface area contributed by atoms with E-state index in [2.05, 4.69) is 44.2 Å². The molecule has 0 bridgehead atoms. The number of nitrogens with zero attached hydrogens (tertiary/aromatic N) is 1. The molecule has 2 atom stereocenters. The van der Waals surface area contributed by atoms with E-state index in [0.717, 1.165) is 0 Å². The molecule has 1 aliphatic carbocycles. The minimum Gasteiger partial charge on any atom is -0.282 e. The molecule has 1 aromatic rings. The Morgan fingerprint density at radius 1 is 1.21 bits per heavy atom. The molecule has 0 spiro atoms. The van der Waals surface area contributed by atoms with Crippen LogP contribution in [0, 0.1) is 5.41 Å². The quantitative estimate of drug-likeness (QED) is 0.637. The first-order valence-electron chi connectivity index (χ1n) is 5.27. The second-order valence-corrected chi connectivity index (χ2v) is 4.99. The summed E-state index contributed by atoms with van der Waals surface area (Å²) in [5, 5.41) is 0. The molecule has 1 saturated carbocycles. The van der Waals surface area contributed by atoms with E-state index in [0.29, 0.717) is 5.41 Å². The fourth-order valence-electron chi connectivity index (χ4n) is 3.06. The minimum atomic E-state index is 0.151. The smallest absolute Gasteiger partial charge is 0.0919 e. The standard InChI is InChI=1S/C13H15N/c1-10-8-12(2)9-13(12,14-10)11-6-4-3-5-7-11/h3-7H,8-9H2,1-2H3. The highest BCUT2D eigenvalue weighted by Crippen LogP contribution is 2.70. The molecule has 72 valence electrons. The molecule has 1 nitrogen and oxygen atoms in total. The first kappa shape index (κ1) is 8.22. The van der Waals surface area contributed by atoms with Crippen LogP contribution in [0.15, 0.2) is 35.3 Å². The van der Waals surface area contributed by atoms with E-state index < -0.39 is 0 Å². The van der Waals surface area contributed by atoms with Gasteiger partial charge in [0.25, 0.3) is 0 Å². The van der Waals surface area contributed by atoms with Crippen molar-refractivity contribution in [3.8, 4) is 0 Å². The van der Waals surface area contributed by atoms with Gasteiger partial charge in [-0.05, 0) is 25.3 Å². The van der Waals surface area contributed by atoms with Gasteiger partial charge in [0.05, 0.1) is 5.54 Å². The summed E-state index contributed by atoms with van der Waals surface area (Å²) in [6.45, 7) is 4.52. The number of rotatable bonds is 1. The fraction of sp³-hybridized carbons (Fsp3) is 0.462. The lowest BCUT2D eigenvalue weighted by Gasteiger charge is -2.12. The van der Waals surface area contributed by atoms with Gasteiger partial charge in [-0.15, -0.1) is 0 Å². The Kier molecular flexibility index (Phi) is 1.34. The van der Waals surface area contributed by atoms with Crippen LogP contribution >= 0.6 is 0 Å². The van der Waals surface area contributed by atoms with Crippen LogP contribution < -0.4 is 0 Å². The zero-order valence-corrected chi connectivity index (χ0v) is 8.75. The van der Waals surface area contributed by atoms with Gasteiger partial charge >= 0.3 is 0 Å². The summed E-state index contributed by atoms with van der Waals surface area (Å²) >= 11 is 0. The van der Waals surface area contributed by atoms with Crippen LogP contribution in [0.1, 0.15) is 32.3 Å². The summed E-state index contributed by atoms with van der Waals surface area (Å²) in [6.07, 6.45) is 2.42. The third kappa shape index (κ3) is 0.827. The zero-order valence-electron chi connectivity index (χ0n) is 8.75. The molecule has 0 radical (unpaired) electrons. The van der Waals surface area contributed by atoms with Crippen LogP contribution in [0.4, 0.5) is 0 Å². The van der Waals surface area contributed by atoms with E-state index in [1.807, 2.05) is 0 Å². The van der Waals surface area contributed by atoms with Crippen LogP contribution in [0.2, 0.25) is 0 Å². The number of hydrogen-bond acceptors (Lipinski definition) is 1. The molecule has 3 rings (SSSR count). The predicted octanol–water partition coefficient (Wildman–Crippen LogP) is 3.16. The zero-order chi connectivity index (χ0) is 9.81. The first-order chi connectivity index (χ1) is 6.66. The normalized spacial score (nSPS) is 39.1. The van der Waals surface area contributed by atoms with Gasteiger partial charge in [0, 0.05) is 11.1 Å². The van der Waals surface area contributed by atoms with Crippen LogP contribution in [0.25, 0.3) is 0 Å². The largest absolute Gasteiger partial charge is 0.282 e. The molecule has 2 unspecified atom stereocenters. The van der Waals surface area contributed by atoms with Crippen molar-refractivity contribution < 1.29 is 0 Å². The highest BCUT2D eigenvalue weighted by Gasteiger charge is 2.68. The summed E-state index contributed by atoms with van der Waals surface area (Å²) < 4.78 is 0. The molecule has 14 heavy (non-hydrogen) atoms. The van der Waals surface area contributed by atoms with Gasteiger partial charge in [0.1, 0.15) is 0 Å². The van der Waals surface area contributed by atoms with E-state index in [9.17, 15) is 0 Å². The van der Waals surface area contributed by atoms with Gasteiger partial charge in [-0.25, -0.2) is 0 Å². The molecule has 1 heterocycles. The van der Waals surface area contributed by atoms with E-state index >= 15 is 0 Å². The van der Waals surface area contributed by atoms with Gasteiger partial charge in [-0.2, -0.15) is 0 Å². The molecular weight excluding hydrogens is 170 g/mol. The Morgan fingerprint density at radius 3 is 2.50 bits per heavy atom. The minimum absolute atomic E-state index is 0.151. The number of benzene rings is 1. The van der Waals surface area contributed by atoms with E-state index in [-0.39, 0.29) is 5.54 Å². The molecule has 0 aromatic heterocycles. The summed E-state index contributed by atoms with van der Waals surface area (Å²) in [6, 6.07) is 10.7. The number of aliphatic imine (C=N–C) groups is 1. The maximum absolute atomic E-state index is 4.85. The molecule has 1 fully saturated rings. The second-order valence-electron chi connectivity index (χ2n) is 4.99. The Balaban J connectivity index is 2.09. The molecule has 2 aliphatic rings. The summed E-state index contributed by atoms with van der Waals surface area (Å²) in [5.41, 5.74) is 3.30. The van der Waals surface area contributed by atoms with Gasteiger partial charge < -0.3 is 0 Å². The third-order valence-electron chi connectivity index (χ3n) is 3.80. The average Bonchev–Trinajstić information content (AvgIpc) is 2.64. The Labute approximate surface area is 84.9 Å². The lowest BCUT2D eigenvalue weighted by Crippen LogP contribution is -2.08. The van der Waals surface area contributed by atoms with Gasteiger partial charge in [0.15, 0.2) is 0 Å². The van der Waals surface area contributed by atoms with Crippen molar-refractivity contribution in [1.82, 2.24) is 0 Å². The molecule has 0 amide bonds. The van der Waals surface area contributed by atoms with Crippen molar-refractivity contribution in [2.24, 2.45) is 10.4 Å². The van der Waals surface area contributed by atoms with Crippen LogP contribution in [0.3, 0.4) is 0 Å². The van der Waals surface area contributed by atoms with Crippen molar-refractivity contribution in [2.45, 2.75) is 32.2 Å². The first-order valence-corrected chi connectivity index (χ1v) is 5.27. The number of hydrogen-bond donors (Lipinski definition) is 0. The van der Waals surface area contributed by atoms with Gasteiger partial charge in [0.2, 0.25) is 0 Å². The SMILES string of the molecule is CC1=NC2(c3ccccc3)CC2(C)C1. The van der Waals surface area contributed by atoms with Crippen molar-refractivity contribution in [2.75, 3.05) is 0 Å². The molecular formula is C13H15N. The molecule has 1 aliphatic heterocycles. The average molecular weight is 185 g/mol. The van der Waals surface area contributed by atoms with Crippen LogP contribution in [-0.2, 0) is 5.54 Å². The monoisotopic (exact) mass is 185 g/mol. The topological polar surface area (TPSA) is 12.4 Å².